The molecular formula is C20H18O5S. The highest BCUT2D eigenvalue weighted by Crippen LogP contribution is 2.25. The number of hydrogen-bond acceptors (Lipinski definition) is 5. The van der Waals surface area contributed by atoms with Crippen molar-refractivity contribution < 1.29 is 22.4 Å². The summed E-state index contributed by atoms with van der Waals surface area (Å²) in [7, 11) is -3.83. The standard InChI is InChI=1S/C20H18O5S/c1-13-4-7-16(8-5-13)26(22,23)19-11-10-18(24-19)20(21)25-17-9-6-14(2)12-15(17)3/h4-12H,1-3H3. The van der Waals surface area contributed by atoms with E-state index in [1.165, 1.54) is 24.3 Å². The van der Waals surface area contributed by atoms with Crippen LogP contribution in [0.1, 0.15) is 27.2 Å². The van der Waals surface area contributed by atoms with Crippen LogP contribution in [0.25, 0.3) is 0 Å². The molecule has 3 rings (SSSR count). The minimum Gasteiger partial charge on any atom is -0.437 e. The molecular weight excluding hydrogens is 352 g/mol. The Bertz CT molecular complexity index is 1060. The molecule has 5 nitrogen and oxygen atoms in total. The van der Waals surface area contributed by atoms with E-state index in [0.29, 0.717) is 5.75 Å². The third-order valence-corrected chi connectivity index (χ3v) is 5.55. The van der Waals surface area contributed by atoms with Gasteiger partial charge in [-0.05, 0) is 56.7 Å². The van der Waals surface area contributed by atoms with Crippen molar-refractivity contribution >= 4 is 15.8 Å². The first-order valence-corrected chi connectivity index (χ1v) is 9.47. The maximum atomic E-state index is 12.6. The second-order valence-corrected chi connectivity index (χ2v) is 7.97. The number of aryl methyl sites for hydroxylation is 3. The molecule has 3 aromatic rings. The zero-order chi connectivity index (χ0) is 18.9. The molecule has 0 amide bonds. The van der Waals surface area contributed by atoms with E-state index in [4.69, 9.17) is 9.15 Å². The van der Waals surface area contributed by atoms with Crippen LogP contribution >= 0.6 is 0 Å². The molecule has 0 bridgehead atoms. The molecule has 1 aromatic heterocycles. The zero-order valence-electron chi connectivity index (χ0n) is 14.6. The van der Waals surface area contributed by atoms with Gasteiger partial charge in [-0.2, -0.15) is 0 Å². The summed E-state index contributed by atoms with van der Waals surface area (Å²) in [5.74, 6) is -0.516. The zero-order valence-corrected chi connectivity index (χ0v) is 15.5. The summed E-state index contributed by atoms with van der Waals surface area (Å²) < 4.78 is 35.7. The van der Waals surface area contributed by atoms with Gasteiger partial charge in [-0.15, -0.1) is 0 Å². The number of ether oxygens (including phenoxy) is 1. The molecule has 0 saturated carbocycles. The lowest BCUT2D eigenvalue weighted by Crippen LogP contribution is -2.08. The van der Waals surface area contributed by atoms with Crippen LogP contribution in [-0.2, 0) is 9.84 Å². The van der Waals surface area contributed by atoms with Crippen molar-refractivity contribution in [2.45, 2.75) is 30.8 Å². The monoisotopic (exact) mass is 370 g/mol. The van der Waals surface area contributed by atoms with Crippen molar-refractivity contribution in [3.05, 3.63) is 77.0 Å². The first-order valence-electron chi connectivity index (χ1n) is 7.98. The van der Waals surface area contributed by atoms with Gasteiger partial charge < -0.3 is 9.15 Å². The van der Waals surface area contributed by atoms with Crippen LogP contribution < -0.4 is 4.74 Å². The van der Waals surface area contributed by atoms with Gasteiger partial charge in [-0.1, -0.05) is 35.4 Å². The number of furan rings is 1. The summed E-state index contributed by atoms with van der Waals surface area (Å²) in [6.07, 6.45) is 0. The highest BCUT2D eigenvalue weighted by Gasteiger charge is 2.24. The van der Waals surface area contributed by atoms with Gasteiger partial charge in [0.2, 0.25) is 20.7 Å². The molecule has 0 spiro atoms. The van der Waals surface area contributed by atoms with Crippen molar-refractivity contribution in [3.8, 4) is 5.75 Å². The predicted octanol–water partition coefficient (Wildman–Crippen LogP) is 4.26. The molecule has 6 heteroatoms. The Morgan fingerprint density at radius 3 is 2.19 bits per heavy atom. The van der Waals surface area contributed by atoms with Gasteiger partial charge in [0.25, 0.3) is 0 Å². The fourth-order valence-electron chi connectivity index (χ4n) is 2.47. The molecule has 1 heterocycles. The first kappa shape index (κ1) is 17.9. The summed E-state index contributed by atoms with van der Waals surface area (Å²) in [6, 6.07) is 14.4. The van der Waals surface area contributed by atoms with Gasteiger partial charge in [-0.3, -0.25) is 0 Å². The van der Waals surface area contributed by atoms with E-state index < -0.39 is 15.8 Å². The first-order chi connectivity index (χ1) is 12.3. The largest absolute Gasteiger partial charge is 0.437 e. The van der Waals surface area contributed by atoms with E-state index in [1.54, 1.807) is 18.2 Å². The van der Waals surface area contributed by atoms with Crippen LogP contribution in [0.5, 0.6) is 5.75 Å². The minimum atomic E-state index is -3.83. The van der Waals surface area contributed by atoms with Crippen LogP contribution in [0.15, 0.2) is 69.0 Å². The fraction of sp³-hybridized carbons (Fsp3) is 0.150. The Morgan fingerprint density at radius 1 is 0.885 bits per heavy atom. The third-order valence-electron chi connectivity index (χ3n) is 3.91. The van der Waals surface area contributed by atoms with Gasteiger partial charge in [0.05, 0.1) is 4.90 Å². The normalized spacial score (nSPS) is 11.3. The number of benzene rings is 2. The van der Waals surface area contributed by atoms with Crippen LogP contribution in [0.4, 0.5) is 0 Å². The molecule has 0 atom stereocenters. The molecule has 0 N–H and O–H groups in total. The van der Waals surface area contributed by atoms with Crippen molar-refractivity contribution in [2.75, 3.05) is 0 Å². The van der Waals surface area contributed by atoms with Crippen LogP contribution in [0.2, 0.25) is 0 Å². The molecule has 2 aromatic carbocycles. The molecule has 26 heavy (non-hydrogen) atoms. The maximum absolute atomic E-state index is 12.6. The Hall–Kier alpha value is -2.86. The quantitative estimate of drug-likeness (QED) is 0.507. The smallest absolute Gasteiger partial charge is 0.379 e. The molecule has 0 unspecified atom stereocenters. The molecule has 0 saturated heterocycles. The third kappa shape index (κ3) is 3.55. The van der Waals surface area contributed by atoms with E-state index in [2.05, 4.69) is 0 Å². The number of carbonyl (C=O) groups is 1. The Labute approximate surface area is 152 Å². The summed E-state index contributed by atoms with van der Waals surface area (Å²) >= 11 is 0. The summed E-state index contributed by atoms with van der Waals surface area (Å²) in [6.45, 7) is 5.63. The average Bonchev–Trinajstić information content (AvgIpc) is 3.09. The Balaban J connectivity index is 1.85. The van der Waals surface area contributed by atoms with Crippen LogP contribution in [0.3, 0.4) is 0 Å². The average molecular weight is 370 g/mol. The molecule has 0 radical (unpaired) electrons. The Morgan fingerprint density at radius 2 is 1.54 bits per heavy atom. The lowest BCUT2D eigenvalue weighted by molar-refractivity contribution is 0.0694. The summed E-state index contributed by atoms with van der Waals surface area (Å²) in [4.78, 5) is 12.4. The van der Waals surface area contributed by atoms with Crippen molar-refractivity contribution in [1.29, 1.82) is 0 Å². The second-order valence-electron chi connectivity index (χ2n) is 6.09. The van der Waals surface area contributed by atoms with E-state index in [1.807, 2.05) is 32.9 Å². The van der Waals surface area contributed by atoms with Crippen molar-refractivity contribution in [2.24, 2.45) is 0 Å². The van der Waals surface area contributed by atoms with E-state index >= 15 is 0 Å². The van der Waals surface area contributed by atoms with E-state index in [-0.39, 0.29) is 15.7 Å². The van der Waals surface area contributed by atoms with Gasteiger partial charge in [0.1, 0.15) is 5.75 Å². The van der Waals surface area contributed by atoms with Crippen LogP contribution in [0, 0.1) is 20.8 Å². The lowest BCUT2D eigenvalue weighted by atomic mass is 10.1. The van der Waals surface area contributed by atoms with E-state index in [9.17, 15) is 13.2 Å². The maximum Gasteiger partial charge on any atom is 0.379 e. The summed E-state index contributed by atoms with van der Waals surface area (Å²) in [5, 5.41) is -0.297. The van der Waals surface area contributed by atoms with Gasteiger partial charge in [0.15, 0.2) is 0 Å². The molecule has 0 fully saturated rings. The van der Waals surface area contributed by atoms with Gasteiger partial charge >= 0.3 is 5.97 Å². The van der Waals surface area contributed by atoms with Crippen molar-refractivity contribution in [1.82, 2.24) is 0 Å². The lowest BCUT2D eigenvalue weighted by Gasteiger charge is -2.06. The van der Waals surface area contributed by atoms with Gasteiger partial charge in [-0.25, -0.2) is 13.2 Å². The number of carbonyl (C=O) groups excluding carboxylic acids is 1. The number of rotatable bonds is 4. The molecule has 0 aliphatic carbocycles. The molecule has 0 aliphatic heterocycles. The van der Waals surface area contributed by atoms with E-state index in [0.717, 1.165) is 16.7 Å². The van der Waals surface area contributed by atoms with Crippen LogP contribution in [-0.4, -0.2) is 14.4 Å². The minimum absolute atomic E-state index is 0.103. The van der Waals surface area contributed by atoms with Gasteiger partial charge in [0, 0.05) is 0 Å². The second kappa shape index (κ2) is 6.80. The Kier molecular flexibility index (Phi) is 4.70. The fourth-order valence-corrected chi connectivity index (χ4v) is 3.65. The number of esters is 1. The number of sulfone groups is 1. The molecule has 0 aliphatic rings. The highest BCUT2D eigenvalue weighted by molar-refractivity contribution is 7.91. The topological polar surface area (TPSA) is 73.6 Å². The predicted molar refractivity (Wildman–Crippen MR) is 96.2 cm³/mol. The summed E-state index contributed by atoms with van der Waals surface area (Å²) in [5.41, 5.74) is 2.80. The molecule has 134 valence electrons. The SMILES string of the molecule is Cc1ccc(S(=O)(=O)c2ccc(C(=O)Oc3ccc(C)cc3C)o2)cc1. The number of hydrogen-bond donors (Lipinski definition) is 0. The highest BCUT2D eigenvalue weighted by atomic mass is 32.2. The van der Waals surface area contributed by atoms with Crippen molar-refractivity contribution in [3.63, 3.8) is 0 Å².